The van der Waals surface area contributed by atoms with E-state index in [9.17, 15) is 12.8 Å². The number of benzene rings is 2. The maximum atomic E-state index is 13.2. The molecule has 5 nitrogen and oxygen atoms in total. The molecule has 1 unspecified atom stereocenters. The Kier molecular flexibility index (Phi) is 7.06. The highest BCUT2D eigenvalue weighted by Gasteiger charge is 2.24. The van der Waals surface area contributed by atoms with E-state index in [-0.39, 0.29) is 9.92 Å². The van der Waals surface area contributed by atoms with Gasteiger partial charge in [0.2, 0.25) is 10.0 Å². The van der Waals surface area contributed by atoms with Gasteiger partial charge in [0.25, 0.3) is 0 Å². The average Bonchev–Trinajstić information content (AvgIpc) is 3.13. The van der Waals surface area contributed by atoms with Crippen molar-refractivity contribution in [3.05, 3.63) is 53.3 Å². The topological polar surface area (TPSA) is 58.6 Å². The molecular weight excluding hydrogens is 403 g/mol. The predicted molar refractivity (Wildman–Crippen MR) is 108 cm³/mol. The lowest BCUT2D eigenvalue weighted by molar-refractivity contribution is 0.159. The number of halogens is 2. The van der Waals surface area contributed by atoms with E-state index >= 15 is 0 Å². The smallest absolute Gasteiger partial charge is 0.240 e. The molecule has 0 aromatic heterocycles. The molecule has 0 amide bonds. The fourth-order valence-electron chi connectivity index (χ4n) is 3.35. The molecule has 2 aromatic rings. The predicted octanol–water partition coefficient (Wildman–Crippen LogP) is 3.39. The molecule has 1 aliphatic rings. The number of nitrogens with one attached hydrogen (secondary N) is 1. The standard InChI is InChI=1S/C20H24ClFN2O3S/c1-27-11-10-24-9-8-15(14-24)13-23-28(25,26)18-5-2-16(3-6-18)19-7-4-17(22)12-20(19)21/h2-7,12,15,23H,8-11,13-14H2,1H3. The van der Waals surface area contributed by atoms with Gasteiger partial charge in [0.1, 0.15) is 5.82 Å². The molecule has 8 heteroatoms. The summed E-state index contributed by atoms with van der Waals surface area (Å²) in [4.78, 5) is 2.48. The number of methoxy groups -OCH3 is 1. The second-order valence-electron chi connectivity index (χ2n) is 6.95. The summed E-state index contributed by atoms with van der Waals surface area (Å²) in [6.45, 7) is 3.80. The first kappa shape index (κ1) is 21.2. The Bertz CT molecular complexity index is 906. The van der Waals surface area contributed by atoms with Crippen molar-refractivity contribution in [1.82, 2.24) is 9.62 Å². The van der Waals surface area contributed by atoms with Crippen LogP contribution in [0.25, 0.3) is 11.1 Å². The molecule has 1 N–H and O–H groups in total. The van der Waals surface area contributed by atoms with E-state index in [1.165, 1.54) is 24.3 Å². The highest BCUT2D eigenvalue weighted by Crippen LogP contribution is 2.29. The van der Waals surface area contributed by atoms with Crippen LogP contribution in [-0.2, 0) is 14.8 Å². The van der Waals surface area contributed by atoms with E-state index in [4.69, 9.17) is 16.3 Å². The van der Waals surface area contributed by atoms with Gasteiger partial charge in [-0.2, -0.15) is 0 Å². The van der Waals surface area contributed by atoms with Gasteiger partial charge < -0.3 is 9.64 Å². The molecular formula is C20H24ClFN2O3S. The summed E-state index contributed by atoms with van der Waals surface area (Å²) in [7, 11) is -1.91. The number of likely N-dealkylation sites (tertiary alicyclic amines) is 1. The summed E-state index contributed by atoms with van der Waals surface area (Å²) in [6.07, 6.45) is 0.967. The molecule has 2 aromatic carbocycles. The minimum Gasteiger partial charge on any atom is -0.383 e. The summed E-state index contributed by atoms with van der Waals surface area (Å²) < 4.78 is 46.2. The molecule has 1 fully saturated rings. The Hall–Kier alpha value is -1.51. The lowest BCUT2D eigenvalue weighted by Gasteiger charge is -2.15. The lowest BCUT2D eigenvalue weighted by Crippen LogP contribution is -2.31. The number of ether oxygens (including phenoxy) is 1. The Morgan fingerprint density at radius 3 is 2.68 bits per heavy atom. The fraction of sp³-hybridized carbons (Fsp3) is 0.400. The van der Waals surface area contributed by atoms with Gasteiger partial charge in [-0.25, -0.2) is 17.5 Å². The van der Waals surface area contributed by atoms with E-state index in [1.807, 2.05) is 0 Å². The average molecular weight is 427 g/mol. The van der Waals surface area contributed by atoms with Gasteiger partial charge in [0, 0.05) is 32.3 Å². The van der Waals surface area contributed by atoms with Gasteiger partial charge in [0.05, 0.1) is 16.5 Å². The number of nitrogens with zero attached hydrogens (tertiary/aromatic N) is 1. The first-order valence-electron chi connectivity index (χ1n) is 9.15. The minimum atomic E-state index is -3.58. The zero-order valence-corrected chi connectivity index (χ0v) is 17.3. The summed E-state index contributed by atoms with van der Waals surface area (Å²) in [5.74, 6) is -0.117. The van der Waals surface area contributed by atoms with Crippen LogP contribution in [0.1, 0.15) is 6.42 Å². The van der Waals surface area contributed by atoms with Crippen LogP contribution in [0.3, 0.4) is 0 Å². The van der Waals surface area contributed by atoms with E-state index < -0.39 is 15.8 Å². The highest BCUT2D eigenvalue weighted by molar-refractivity contribution is 7.89. The lowest BCUT2D eigenvalue weighted by atomic mass is 10.1. The second-order valence-corrected chi connectivity index (χ2v) is 9.12. The normalized spacial score (nSPS) is 17.9. The summed E-state index contributed by atoms with van der Waals surface area (Å²) in [5, 5.41) is 0.285. The Labute approximate surface area is 170 Å². The van der Waals surface area contributed by atoms with Gasteiger partial charge in [-0.15, -0.1) is 0 Å². The van der Waals surface area contributed by atoms with Crippen molar-refractivity contribution in [1.29, 1.82) is 0 Å². The molecule has 152 valence electrons. The first-order chi connectivity index (χ1) is 13.4. The van der Waals surface area contributed by atoms with E-state index in [0.29, 0.717) is 24.6 Å². The van der Waals surface area contributed by atoms with Crippen molar-refractivity contribution < 1.29 is 17.5 Å². The summed E-state index contributed by atoms with van der Waals surface area (Å²) >= 11 is 6.08. The van der Waals surface area contributed by atoms with Gasteiger partial charge in [0.15, 0.2) is 0 Å². The third-order valence-electron chi connectivity index (χ3n) is 4.95. The number of rotatable bonds is 8. The van der Waals surface area contributed by atoms with Gasteiger partial charge in [-0.3, -0.25) is 0 Å². The third kappa shape index (κ3) is 5.30. The number of sulfonamides is 1. The largest absolute Gasteiger partial charge is 0.383 e. The third-order valence-corrected chi connectivity index (χ3v) is 6.70. The van der Waals surface area contributed by atoms with Crippen LogP contribution in [0.4, 0.5) is 4.39 Å². The van der Waals surface area contributed by atoms with E-state index in [0.717, 1.165) is 31.6 Å². The molecule has 1 heterocycles. The summed E-state index contributed by atoms with van der Waals surface area (Å²) in [5.41, 5.74) is 1.38. The van der Waals surface area contributed by atoms with E-state index in [1.54, 1.807) is 25.3 Å². The van der Waals surface area contributed by atoms with Crippen molar-refractivity contribution in [2.24, 2.45) is 5.92 Å². The zero-order valence-electron chi connectivity index (χ0n) is 15.7. The van der Waals surface area contributed by atoms with Crippen molar-refractivity contribution in [2.45, 2.75) is 11.3 Å². The van der Waals surface area contributed by atoms with Crippen molar-refractivity contribution in [2.75, 3.05) is 39.9 Å². The minimum absolute atomic E-state index is 0.198. The van der Waals surface area contributed by atoms with Crippen LogP contribution in [-0.4, -0.2) is 53.2 Å². The van der Waals surface area contributed by atoms with Crippen LogP contribution in [0.5, 0.6) is 0 Å². The Morgan fingerprint density at radius 2 is 2.00 bits per heavy atom. The van der Waals surface area contributed by atoms with Crippen molar-refractivity contribution in [3.63, 3.8) is 0 Å². The second kappa shape index (κ2) is 9.33. The first-order valence-corrected chi connectivity index (χ1v) is 11.0. The highest BCUT2D eigenvalue weighted by atomic mass is 35.5. The SMILES string of the molecule is COCCN1CCC(CNS(=O)(=O)c2ccc(-c3ccc(F)cc3Cl)cc2)C1. The molecule has 3 rings (SSSR count). The van der Waals surface area contributed by atoms with Crippen molar-refractivity contribution in [3.8, 4) is 11.1 Å². The van der Waals surface area contributed by atoms with Gasteiger partial charge in [-0.1, -0.05) is 23.7 Å². The van der Waals surface area contributed by atoms with Crippen LogP contribution in [0.15, 0.2) is 47.4 Å². The molecule has 0 bridgehead atoms. The number of hydrogen-bond acceptors (Lipinski definition) is 4. The Morgan fingerprint density at radius 1 is 1.25 bits per heavy atom. The van der Waals surface area contributed by atoms with Crippen LogP contribution in [0.2, 0.25) is 5.02 Å². The van der Waals surface area contributed by atoms with Crippen molar-refractivity contribution >= 4 is 21.6 Å². The number of hydrogen-bond donors (Lipinski definition) is 1. The van der Waals surface area contributed by atoms with E-state index in [2.05, 4.69) is 9.62 Å². The molecule has 0 spiro atoms. The quantitative estimate of drug-likeness (QED) is 0.703. The summed E-state index contributed by atoms with van der Waals surface area (Å²) in [6, 6.07) is 10.6. The van der Waals surface area contributed by atoms with Crippen LogP contribution >= 0.6 is 11.6 Å². The fourth-order valence-corrected chi connectivity index (χ4v) is 4.74. The van der Waals surface area contributed by atoms with Crippen LogP contribution in [0, 0.1) is 11.7 Å². The molecule has 0 aliphatic carbocycles. The monoisotopic (exact) mass is 426 g/mol. The van der Waals surface area contributed by atoms with Crippen LogP contribution < -0.4 is 4.72 Å². The molecule has 1 aliphatic heterocycles. The maximum absolute atomic E-state index is 13.2. The molecule has 1 saturated heterocycles. The molecule has 0 radical (unpaired) electrons. The van der Waals surface area contributed by atoms with Gasteiger partial charge in [-0.05, 0) is 54.8 Å². The van der Waals surface area contributed by atoms with Gasteiger partial charge >= 0.3 is 0 Å². The molecule has 0 saturated carbocycles. The Balaban J connectivity index is 1.61. The molecule has 28 heavy (non-hydrogen) atoms. The zero-order chi connectivity index (χ0) is 20.1. The maximum Gasteiger partial charge on any atom is 0.240 e. The molecule has 1 atom stereocenters.